The van der Waals surface area contributed by atoms with Crippen molar-refractivity contribution >= 4 is 29.2 Å². The molecule has 0 atom stereocenters. The van der Waals surface area contributed by atoms with E-state index in [4.69, 9.17) is 4.84 Å². The molecule has 4 amide bonds. The number of nitrogens with zero attached hydrogens (tertiary/aromatic N) is 2. The lowest BCUT2D eigenvalue weighted by Gasteiger charge is -2.30. The van der Waals surface area contributed by atoms with E-state index < -0.39 is 0 Å². The largest absolute Gasteiger partial charge is 0.345 e. The molecule has 7 nitrogen and oxygen atoms in total. The van der Waals surface area contributed by atoms with Crippen molar-refractivity contribution in [3.63, 3.8) is 0 Å². The molecule has 0 saturated carbocycles. The highest BCUT2D eigenvalue weighted by Crippen LogP contribution is 2.34. The number of benzene rings is 2. The van der Waals surface area contributed by atoms with Crippen LogP contribution in [-0.2, 0) is 11.3 Å². The summed E-state index contributed by atoms with van der Waals surface area (Å²) in [7, 11) is 1.38. The average molecular weight is 351 g/mol. The second-order valence-corrected chi connectivity index (χ2v) is 6.17. The minimum Gasteiger partial charge on any atom is -0.292 e. The van der Waals surface area contributed by atoms with Gasteiger partial charge < -0.3 is 0 Å². The summed E-state index contributed by atoms with van der Waals surface area (Å²) in [4.78, 5) is 44.9. The van der Waals surface area contributed by atoms with Crippen LogP contribution in [-0.4, -0.2) is 31.5 Å². The van der Waals surface area contributed by atoms with Gasteiger partial charge in [-0.15, -0.1) is 0 Å². The average Bonchev–Trinajstić information content (AvgIpc) is 2.92. The minimum absolute atomic E-state index is 0.324. The van der Waals surface area contributed by atoms with Crippen LogP contribution in [0.4, 0.5) is 16.2 Å². The summed E-state index contributed by atoms with van der Waals surface area (Å²) in [5.74, 6) is -0.648. The number of fused-ring (bicyclic) bond motifs is 2. The third-order valence-corrected chi connectivity index (χ3v) is 4.67. The highest BCUT2D eigenvalue weighted by atomic mass is 16.6. The van der Waals surface area contributed by atoms with Crippen LogP contribution < -0.4 is 15.3 Å². The van der Waals surface area contributed by atoms with E-state index in [9.17, 15) is 14.4 Å². The lowest BCUT2D eigenvalue weighted by Crippen LogP contribution is -2.42. The number of rotatable bonds is 2. The molecule has 7 heteroatoms. The molecule has 0 saturated heterocycles. The van der Waals surface area contributed by atoms with Crippen molar-refractivity contribution in [2.75, 3.05) is 23.5 Å². The number of nitrogens with one attached hydrogen (secondary N) is 1. The summed E-state index contributed by atoms with van der Waals surface area (Å²) >= 11 is 0. The standard InChI is InChI=1S/C19H17N3O4/c1-26-20-19(25)21-10-4-5-12-11-13(8-9-16(12)21)22-17(23)14-6-2-3-7-15(14)18(22)24/h2-3,6-9,11H,4-5,10H2,1H3,(H,20,25). The van der Waals surface area contributed by atoms with Gasteiger partial charge in [-0.25, -0.2) is 15.2 Å². The van der Waals surface area contributed by atoms with Crippen LogP contribution in [0, 0.1) is 0 Å². The van der Waals surface area contributed by atoms with E-state index in [1.807, 2.05) is 6.07 Å². The quantitative estimate of drug-likeness (QED) is 0.666. The Morgan fingerprint density at radius 3 is 2.42 bits per heavy atom. The Morgan fingerprint density at radius 2 is 1.77 bits per heavy atom. The third kappa shape index (κ3) is 2.44. The number of urea groups is 1. The van der Waals surface area contributed by atoms with Crippen LogP contribution in [0.2, 0.25) is 0 Å². The van der Waals surface area contributed by atoms with Crippen molar-refractivity contribution in [3.05, 3.63) is 59.2 Å². The molecular formula is C19H17N3O4. The fourth-order valence-electron chi connectivity index (χ4n) is 3.50. The fraction of sp³-hybridized carbons (Fsp3) is 0.211. The van der Waals surface area contributed by atoms with Crippen molar-refractivity contribution in [2.45, 2.75) is 12.8 Å². The molecule has 2 aliphatic heterocycles. The molecule has 1 N–H and O–H groups in total. The summed E-state index contributed by atoms with van der Waals surface area (Å²) in [5, 5.41) is 0. The summed E-state index contributed by atoms with van der Waals surface area (Å²) < 4.78 is 0. The van der Waals surface area contributed by atoms with Crippen molar-refractivity contribution in [2.24, 2.45) is 0 Å². The number of amides is 4. The Hall–Kier alpha value is -3.19. The van der Waals surface area contributed by atoms with Crippen LogP contribution in [0.3, 0.4) is 0 Å². The molecule has 0 unspecified atom stereocenters. The monoisotopic (exact) mass is 351 g/mol. The van der Waals surface area contributed by atoms with Crippen molar-refractivity contribution < 1.29 is 19.2 Å². The molecule has 4 rings (SSSR count). The molecule has 0 bridgehead atoms. The first-order valence-corrected chi connectivity index (χ1v) is 8.33. The Kier molecular flexibility index (Phi) is 3.93. The number of carbonyl (C=O) groups excluding carboxylic acids is 3. The Morgan fingerprint density at radius 1 is 1.08 bits per heavy atom. The van der Waals surface area contributed by atoms with Gasteiger partial charge in [0.15, 0.2) is 0 Å². The summed E-state index contributed by atoms with van der Waals surface area (Å²) in [6.45, 7) is 0.578. The Labute approximate surface area is 150 Å². The number of hydrogen-bond acceptors (Lipinski definition) is 4. The first-order chi connectivity index (χ1) is 12.6. The SMILES string of the molecule is CONC(=O)N1CCCc2cc(N3C(=O)c4ccccc4C3=O)ccc21. The van der Waals surface area contributed by atoms with E-state index in [2.05, 4.69) is 5.48 Å². The summed E-state index contributed by atoms with van der Waals surface area (Å²) in [6.07, 6.45) is 1.55. The van der Waals surface area contributed by atoms with Gasteiger partial charge in [0.1, 0.15) is 0 Å². The molecule has 0 spiro atoms. The highest BCUT2D eigenvalue weighted by molar-refractivity contribution is 6.34. The number of aryl methyl sites for hydroxylation is 1. The molecule has 0 aromatic heterocycles. The maximum atomic E-state index is 12.6. The zero-order chi connectivity index (χ0) is 18.3. The fourth-order valence-corrected chi connectivity index (χ4v) is 3.50. The minimum atomic E-state index is -0.345. The summed E-state index contributed by atoms with van der Waals surface area (Å²) in [5.41, 5.74) is 5.33. The van der Waals surface area contributed by atoms with Gasteiger partial charge in [0.25, 0.3) is 11.8 Å². The number of anilines is 2. The predicted molar refractivity (Wildman–Crippen MR) is 95.2 cm³/mol. The molecule has 2 heterocycles. The maximum absolute atomic E-state index is 12.6. The number of hydrogen-bond donors (Lipinski definition) is 1. The van der Waals surface area contributed by atoms with Crippen LogP contribution in [0.25, 0.3) is 0 Å². The van der Waals surface area contributed by atoms with Crippen LogP contribution >= 0.6 is 0 Å². The molecule has 2 aromatic rings. The smallest absolute Gasteiger partial charge is 0.292 e. The van der Waals surface area contributed by atoms with Gasteiger partial charge in [-0.1, -0.05) is 12.1 Å². The van der Waals surface area contributed by atoms with Crippen molar-refractivity contribution in [1.29, 1.82) is 0 Å². The van der Waals surface area contributed by atoms with Gasteiger partial charge >= 0.3 is 6.03 Å². The van der Waals surface area contributed by atoms with Gasteiger partial charge in [-0.2, -0.15) is 0 Å². The van der Waals surface area contributed by atoms with E-state index in [0.717, 1.165) is 24.1 Å². The van der Waals surface area contributed by atoms with Crippen LogP contribution in [0.5, 0.6) is 0 Å². The first-order valence-electron chi connectivity index (χ1n) is 8.33. The van der Waals surface area contributed by atoms with E-state index in [1.165, 1.54) is 12.0 Å². The molecule has 132 valence electrons. The lowest BCUT2D eigenvalue weighted by molar-refractivity contribution is 0.0926. The van der Waals surface area contributed by atoms with Gasteiger partial charge in [0.05, 0.1) is 23.9 Å². The number of hydroxylamine groups is 1. The molecular weight excluding hydrogens is 334 g/mol. The number of carbonyl (C=O) groups is 3. The lowest BCUT2D eigenvalue weighted by atomic mass is 10.0. The molecule has 0 aliphatic carbocycles. The number of imide groups is 1. The second-order valence-electron chi connectivity index (χ2n) is 6.17. The van der Waals surface area contributed by atoms with Crippen molar-refractivity contribution in [1.82, 2.24) is 5.48 Å². The van der Waals surface area contributed by atoms with Crippen molar-refractivity contribution in [3.8, 4) is 0 Å². The van der Waals surface area contributed by atoms with E-state index >= 15 is 0 Å². The predicted octanol–water partition coefficient (Wildman–Crippen LogP) is 2.51. The van der Waals surface area contributed by atoms with E-state index in [-0.39, 0.29) is 17.8 Å². The van der Waals surface area contributed by atoms with Crippen LogP contribution in [0.15, 0.2) is 42.5 Å². The maximum Gasteiger partial charge on any atom is 0.345 e. The molecule has 2 aliphatic rings. The zero-order valence-electron chi connectivity index (χ0n) is 14.2. The molecule has 0 fully saturated rings. The summed E-state index contributed by atoms with van der Waals surface area (Å²) in [6, 6.07) is 11.7. The second kappa shape index (κ2) is 6.27. The topological polar surface area (TPSA) is 79.0 Å². The Balaban J connectivity index is 1.70. The Bertz CT molecular complexity index is 890. The van der Waals surface area contributed by atoms with E-state index in [1.54, 1.807) is 41.3 Å². The first kappa shape index (κ1) is 16.3. The van der Waals surface area contributed by atoms with E-state index in [0.29, 0.717) is 23.4 Å². The normalized spacial score (nSPS) is 15.7. The van der Waals surface area contributed by atoms with Crippen LogP contribution in [0.1, 0.15) is 32.7 Å². The van der Waals surface area contributed by atoms with Gasteiger partial charge in [0.2, 0.25) is 0 Å². The highest BCUT2D eigenvalue weighted by Gasteiger charge is 2.36. The van der Waals surface area contributed by atoms with Gasteiger partial charge in [-0.05, 0) is 48.7 Å². The molecule has 26 heavy (non-hydrogen) atoms. The zero-order valence-corrected chi connectivity index (χ0v) is 14.2. The van der Waals surface area contributed by atoms with Gasteiger partial charge in [-0.3, -0.25) is 19.3 Å². The molecule has 2 aromatic carbocycles. The molecule has 0 radical (unpaired) electrons. The third-order valence-electron chi connectivity index (χ3n) is 4.67. The van der Waals surface area contributed by atoms with Gasteiger partial charge in [0, 0.05) is 12.2 Å².